The highest BCUT2D eigenvalue weighted by Gasteiger charge is 2.13. The van der Waals surface area contributed by atoms with Gasteiger partial charge in [0.15, 0.2) is 4.17 Å². The highest BCUT2D eigenvalue weighted by molar-refractivity contribution is 8.13. The predicted octanol–water partition coefficient (Wildman–Crippen LogP) is 4.90. The first-order chi connectivity index (χ1) is 11.3. The topological polar surface area (TPSA) is 81.7 Å². The fourth-order valence-electron chi connectivity index (χ4n) is 1.53. The van der Waals surface area contributed by atoms with E-state index in [-0.39, 0.29) is 10.5 Å². The molecule has 0 bridgehead atoms. The number of thioether (sulfide) groups is 1. The smallest absolute Gasteiger partial charge is 0.207 e. The molecule has 0 amide bonds. The van der Waals surface area contributed by atoms with Gasteiger partial charge in [0, 0.05) is 15.6 Å². The molecule has 0 radical (unpaired) electrons. The average Bonchev–Trinajstić information content (AvgIpc) is 2.54. The summed E-state index contributed by atoms with van der Waals surface area (Å²) in [6, 6.07) is 16.8. The van der Waals surface area contributed by atoms with Crippen LogP contribution in [0.25, 0.3) is 0 Å². The Kier molecular flexibility index (Phi) is 8.41. The number of nitriles is 2. The minimum atomic E-state index is -3.80. The largest absolute Gasteiger partial charge is 0.262 e. The molecular formula is C15H9Cl3N2O2S2. The van der Waals surface area contributed by atoms with Crippen molar-refractivity contribution in [3.8, 4) is 12.1 Å². The number of hydrogen-bond donors (Lipinski definition) is 0. The molecule has 0 unspecified atom stereocenters. The van der Waals surface area contributed by atoms with Crippen molar-refractivity contribution >= 4 is 54.7 Å². The first kappa shape index (κ1) is 20.6. The highest BCUT2D eigenvalue weighted by Crippen LogP contribution is 2.30. The van der Waals surface area contributed by atoms with Gasteiger partial charge in [0.05, 0.1) is 11.1 Å². The van der Waals surface area contributed by atoms with Crippen LogP contribution in [0.5, 0.6) is 0 Å². The van der Waals surface area contributed by atoms with Crippen molar-refractivity contribution in [1.29, 1.82) is 10.5 Å². The summed E-state index contributed by atoms with van der Waals surface area (Å²) in [5.41, 5.74) is 0.668. The lowest BCUT2D eigenvalue weighted by atomic mass is 10.2. The summed E-state index contributed by atoms with van der Waals surface area (Å²) in [5, 5.41) is 17.2. The van der Waals surface area contributed by atoms with Crippen LogP contribution in [0, 0.1) is 22.7 Å². The Balaban J connectivity index is 0.000000240. The van der Waals surface area contributed by atoms with E-state index in [1.165, 1.54) is 30.0 Å². The highest BCUT2D eigenvalue weighted by atomic mass is 35.7. The minimum absolute atomic E-state index is 0.0625. The van der Waals surface area contributed by atoms with Gasteiger partial charge in [-0.2, -0.15) is 10.5 Å². The molecule has 0 N–H and O–H groups in total. The lowest BCUT2D eigenvalue weighted by molar-refractivity contribution is 0.609. The number of halogens is 3. The van der Waals surface area contributed by atoms with E-state index in [1.54, 1.807) is 24.3 Å². The standard InChI is InChI=1S/C8H5Cl2NS.C7H4ClNO2S/c9-8(10)12-7-4-2-1-3-6(7)5-11;8-12(10,11)7-4-2-1-3-6(7)5-9/h1-4,8H;1-4H. The van der Waals surface area contributed by atoms with Gasteiger partial charge in [0.25, 0.3) is 9.05 Å². The molecule has 2 aromatic rings. The van der Waals surface area contributed by atoms with Crippen molar-refractivity contribution in [2.75, 3.05) is 0 Å². The van der Waals surface area contributed by atoms with Crippen LogP contribution in [0.15, 0.2) is 58.3 Å². The summed E-state index contributed by atoms with van der Waals surface area (Å²) in [6.45, 7) is 0. The van der Waals surface area contributed by atoms with E-state index in [0.717, 1.165) is 4.90 Å². The average molecular weight is 420 g/mol. The number of rotatable bonds is 3. The van der Waals surface area contributed by atoms with Gasteiger partial charge in [-0.25, -0.2) is 8.42 Å². The number of hydrogen-bond acceptors (Lipinski definition) is 5. The van der Waals surface area contributed by atoms with Crippen LogP contribution in [0.4, 0.5) is 0 Å². The van der Waals surface area contributed by atoms with Crippen LogP contribution in [0.2, 0.25) is 0 Å². The van der Waals surface area contributed by atoms with Crippen LogP contribution in [0.1, 0.15) is 11.1 Å². The second-order valence-corrected chi connectivity index (χ2v) is 9.33. The first-order valence-electron chi connectivity index (χ1n) is 6.17. The summed E-state index contributed by atoms with van der Waals surface area (Å²) in [7, 11) is 1.27. The minimum Gasteiger partial charge on any atom is -0.207 e. The van der Waals surface area contributed by atoms with Crippen LogP contribution in [-0.2, 0) is 9.05 Å². The fourth-order valence-corrected chi connectivity index (χ4v) is 3.72. The summed E-state index contributed by atoms with van der Waals surface area (Å²) in [6.07, 6.45) is 0. The Morgan fingerprint density at radius 3 is 1.88 bits per heavy atom. The van der Waals surface area contributed by atoms with Gasteiger partial charge in [0.2, 0.25) is 0 Å². The molecule has 0 saturated heterocycles. The van der Waals surface area contributed by atoms with Crippen LogP contribution >= 0.6 is 45.6 Å². The van der Waals surface area contributed by atoms with E-state index in [0.29, 0.717) is 5.56 Å². The Morgan fingerprint density at radius 2 is 1.42 bits per heavy atom. The zero-order valence-corrected chi connectivity index (χ0v) is 15.8. The Bertz CT molecular complexity index is 888. The number of benzene rings is 2. The molecule has 0 aromatic heterocycles. The molecule has 0 saturated carbocycles. The molecule has 0 aliphatic carbocycles. The van der Waals surface area contributed by atoms with Gasteiger partial charge in [-0.15, -0.1) is 0 Å². The zero-order chi connectivity index (χ0) is 18.2. The first-order valence-corrected chi connectivity index (χ1v) is 10.2. The normalized spacial score (nSPS) is 10.2. The third-order valence-electron chi connectivity index (χ3n) is 2.49. The molecule has 2 rings (SSSR count). The van der Waals surface area contributed by atoms with Crippen molar-refractivity contribution in [2.24, 2.45) is 0 Å². The molecule has 0 aliphatic heterocycles. The molecule has 2 aromatic carbocycles. The van der Waals surface area contributed by atoms with Crippen LogP contribution < -0.4 is 0 Å². The summed E-state index contributed by atoms with van der Waals surface area (Å²) < 4.78 is 21.1. The van der Waals surface area contributed by atoms with Gasteiger partial charge in [-0.05, 0) is 24.3 Å². The lowest BCUT2D eigenvalue weighted by Crippen LogP contribution is -1.93. The molecule has 4 nitrogen and oxygen atoms in total. The monoisotopic (exact) mass is 418 g/mol. The molecule has 0 atom stereocenters. The third kappa shape index (κ3) is 6.60. The van der Waals surface area contributed by atoms with Crippen LogP contribution in [-0.4, -0.2) is 12.6 Å². The molecule has 124 valence electrons. The van der Waals surface area contributed by atoms with Crippen molar-refractivity contribution in [3.05, 3.63) is 59.7 Å². The number of nitrogens with zero attached hydrogens (tertiary/aromatic N) is 2. The molecular weight excluding hydrogens is 411 g/mol. The Hall–Kier alpha value is -1.41. The van der Waals surface area contributed by atoms with Gasteiger partial charge in [-0.3, -0.25) is 0 Å². The van der Waals surface area contributed by atoms with Gasteiger partial charge in [0.1, 0.15) is 17.0 Å². The maximum absolute atomic E-state index is 10.8. The summed E-state index contributed by atoms with van der Waals surface area (Å²) in [4.78, 5) is 0.671. The van der Waals surface area contributed by atoms with E-state index in [1.807, 2.05) is 12.1 Å². The molecule has 0 heterocycles. The SMILES string of the molecule is N#Cc1ccccc1S(=O)(=O)Cl.N#Cc1ccccc1SC(Cl)Cl. The Morgan fingerprint density at radius 1 is 0.917 bits per heavy atom. The molecule has 0 spiro atoms. The van der Waals surface area contributed by atoms with E-state index >= 15 is 0 Å². The summed E-state index contributed by atoms with van der Waals surface area (Å²) in [5.74, 6) is 0. The van der Waals surface area contributed by atoms with E-state index in [2.05, 4.69) is 6.07 Å². The van der Waals surface area contributed by atoms with Gasteiger partial charge < -0.3 is 0 Å². The van der Waals surface area contributed by atoms with Crippen molar-refractivity contribution in [3.63, 3.8) is 0 Å². The molecule has 24 heavy (non-hydrogen) atoms. The molecule has 0 aliphatic rings. The molecule has 0 fully saturated rings. The number of alkyl halides is 2. The van der Waals surface area contributed by atoms with Crippen molar-refractivity contribution < 1.29 is 8.42 Å². The lowest BCUT2D eigenvalue weighted by Gasteiger charge is -2.02. The second kappa shape index (κ2) is 9.78. The Labute approximate surface area is 159 Å². The van der Waals surface area contributed by atoms with E-state index < -0.39 is 13.2 Å². The van der Waals surface area contributed by atoms with E-state index in [9.17, 15) is 8.42 Å². The van der Waals surface area contributed by atoms with E-state index in [4.69, 9.17) is 44.4 Å². The van der Waals surface area contributed by atoms with Gasteiger partial charge >= 0.3 is 0 Å². The predicted molar refractivity (Wildman–Crippen MR) is 96.7 cm³/mol. The maximum Gasteiger partial charge on any atom is 0.262 e. The quantitative estimate of drug-likeness (QED) is 0.401. The van der Waals surface area contributed by atoms with Gasteiger partial charge in [-0.1, -0.05) is 59.2 Å². The summed E-state index contributed by atoms with van der Waals surface area (Å²) >= 11 is 12.4. The van der Waals surface area contributed by atoms with Crippen LogP contribution in [0.3, 0.4) is 0 Å². The zero-order valence-electron chi connectivity index (χ0n) is 11.9. The fraction of sp³-hybridized carbons (Fsp3) is 0.0667. The van der Waals surface area contributed by atoms with Crippen molar-refractivity contribution in [1.82, 2.24) is 0 Å². The second-order valence-electron chi connectivity index (χ2n) is 4.03. The molecule has 9 heteroatoms. The third-order valence-corrected chi connectivity index (χ3v) is 5.20. The van der Waals surface area contributed by atoms with Crippen molar-refractivity contribution in [2.45, 2.75) is 14.0 Å². The maximum atomic E-state index is 10.8.